The smallest absolute Gasteiger partial charge is 0.224 e. The van der Waals surface area contributed by atoms with Crippen molar-refractivity contribution in [3.63, 3.8) is 0 Å². The molecule has 0 aromatic carbocycles. The minimum absolute atomic E-state index is 0.0810. The number of hydrogen-bond donors (Lipinski definition) is 1. The van der Waals surface area contributed by atoms with Gasteiger partial charge < -0.3 is 5.73 Å². The zero-order valence-corrected chi connectivity index (χ0v) is 5.54. The lowest BCUT2D eigenvalue weighted by Gasteiger charge is -2.10. The summed E-state index contributed by atoms with van der Waals surface area (Å²) >= 11 is 0. The van der Waals surface area contributed by atoms with Gasteiger partial charge in [0.05, 0.1) is 5.92 Å². The Morgan fingerprint density at radius 1 is 1.70 bits per heavy atom. The maximum Gasteiger partial charge on any atom is 0.224 e. The van der Waals surface area contributed by atoms with Crippen molar-refractivity contribution in [3.8, 4) is 0 Å². The first-order valence-corrected chi connectivity index (χ1v) is 3.20. The monoisotopic (exact) mass is 139 g/mol. The Hall–Kier alpha value is -1.12. The van der Waals surface area contributed by atoms with Crippen molar-refractivity contribution < 1.29 is 9.59 Å². The molecule has 1 rings (SSSR count). The Bertz CT molecular complexity index is 196. The fraction of sp³-hybridized carbons (Fsp3) is 0.429. The second kappa shape index (κ2) is 2.64. The number of primary amides is 1. The highest BCUT2D eigenvalue weighted by Crippen LogP contribution is 2.13. The van der Waals surface area contributed by atoms with Crippen LogP contribution in [0.3, 0.4) is 0 Å². The normalized spacial score (nSPS) is 24.8. The molecular weight excluding hydrogens is 130 g/mol. The molecule has 1 atom stereocenters. The predicted molar refractivity (Wildman–Crippen MR) is 36.1 cm³/mol. The minimum atomic E-state index is -0.344. The molecule has 0 aromatic rings. The van der Waals surface area contributed by atoms with Crippen LogP contribution in [0.25, 0.3) is 0 Å². The van der Waals surface area contributed by atoms with Crippen molar-refractivity contribution in [2.75, 3.05) is 0 Å². The van der Waals surface area contributed by atoms with E-state index in [1.165, 1.54) is 6.08 Å². The fourth-order valence-corrected chi connectivity index (χ4v) is 0.938. The molecule has 0 spiro atoms. The molecule has 0 bridgehead atoms. The number of nitrogens with two attached hydrogens (primary N) is 1. The van der Waals surface area contributed by atoms with Gasteiger partial charge in [-0.05, 0) is 12.5 Å². The first-order valence-electron chi connectivity index (χ1n) is 3.20. The van der Waals surface area contributed by atoms with Crippen molar-refractivity contribution in [2.45, 2.75) is 12.8 Å². The number of carbonyl (C=O) groups is 2. The molecule has 0 fully saturated rings. The molecule has 1 unspecified atom stereocenters. The van der Waals surface area contributed by atoms with Crippen LogP contribution in [0.15, 0.2) is 12.2 Å². The number of ketones is 1. The summed E-state index contributed by atoms with van der Waals surface area (Å²) in [7, 11) is 0. The van der Waals surface area contributed by atoms with Gasteiger partial charge in [-0.1, -0.05) is 6.08 Å². The molecule has 1 amide bonds. The van der Waals surface area contributed by atoms with E-state index in [4.69, 9.17) is 5.73 Å². The second-order valence-corrected chi connectivity index (χ2v) is 2.37. The molecule has 10 heavy (non-hydrogen) atoms. The van der Waals surface area contributed by atoms with Gasteiger partial charge in [-0.2, -0.15) is 0 Å². The molecule has 0 saturated heterocycles. The zero-order valence-electron chi connectivity index (χ0n) is 5.54. The van der Waals surface area contributed by atoms with Gasteiger partial charge in [0.1, 0.15) is 0 Å². The molecule has 0 heterocycles. The summed E-state index contributed by atoms with van der Waals surface area (Å²) in [5.41, 5.74) is 5.01. The molecule has 2 N–H and O–H groups in total. The van der Waals surface area contributed by atoms with Gasteiger partial charge in [0, 0.05) is 6.42 Å². The SMILES string of the molecule is NC(=O)C1C=CC(=O)CC1. The fourth-order valence-electron chi connectivity index (χ4n) is 0.938. The number of amides is 1. The average molecular weight is 139 g/mol. The number of allylic oxidation sites excluding steroid dienone is 1. The van der Waals surface area contributed by atoms with Crippen molar-refractivity contribution in [1.29, 1.82) is 0 Å². The summed E-state index contributed by atoms with van der Waals surface area (Å²) < 4.78 is 0. The van der Waals surface area contributed by atoms with Crippen LogP contribution in [0.2, 0.25) is 0 Å². The second-order valence-electron chi connectivity index (χ2n) is 2.37. The van der Waals surface area contributed by atoms with Gasteiger partial charge in [0.2, 0.25) is 5.91 Å². The van der Waals surface area contributed by atoms with Crippen LogP contribution in [-0.2, 0) is 9.59 Å². The van der Waals surface area contributed by atoms with Gasteiger partial charge in [0.15, 0.2) is 5.78 Å². The van der Waals surface area contributed by atoms with Crippen molar-refractivity contribution in [2.24, 2.45) is 11.7 Å². The molecule has 0 radical (unpaired) electrons. The lowest BCUT2D eigenvalue weighted by Crippen LogP contribution is -2.24. The minimum Gasteiger partial charge on any atom is -0.369 e. The maximum atomic E-state index is 10.6. The Balaban J connectivity index is 2.61. The molecule has 3 heteroatoms. The van der Waals surface area contributed by atoms with Crippen LogP contribution in [0, 0.1) is 5.92 Å². The van der Waals surface area contributed by atoms with Crippen LogP contribution < -0.4 is 5.73 Å². The Morgan fingerprint density at radius 2 is 2.40 bits per heavy atom. The van der Waals surface area contributed by atoms with Gasteiger partial charge in [-0.15, -0.1) is 0 Å². The first-order chi connectivity index (χ1) is 4.70. The number of carbonyl (C=O) groups excluding carboxylic acids is 2. The molecule has 0 aromatic heterocycles. The van der Waals surface area contributed by atoms with E-state index in [2.05, 4.69) is 0 Å². The summed E-state index contributed by atoms with van der Waals surface area (Å²) in [6.45, 7) is 0. The van der Waals surface area contributed by atoms with E-state index in [9.17, 15) is 9.59 Å². The molecule has 3 nitrogen and oxygen atoms in total. The summed E-state index contributed by atoms with van der Waals surface area (Å²) in [5, 5.41) is 0. The Morgan fingerprint density at radius 3 is 2.80 bits per heavy atom. The summed E-state index contributed by atoms with van der Waals surface area (Å²) in [6.07, 6.45) is 4.03. The van der Waals surface area contributed by atoms with E-state index in [0.717, 1.165) is 0 Å². The van der Waals surface area contributed by atoms with E-state index in [1.54, 1.807) is 6.08 Å². The van der Waals surface area contributed by atoms with Crippen LogP contribution in [0.4, 0.5) is 0 Å². The third-order valence-electron chi connectivity index (χ3n) is 1.58. The van der Waals surface area contributed by atoms with Crippen molar-refractivity contribution >= 4 is 11.7 Å². The van der Waals surface area contributed by atoms with Gasteiger partial charge >= 0.3 is 0 Å². The summed E-state index contributed by atoms with van der Waals surface area (Å²) in [6, 6.07) is 0. The number of rotatable bonds is 1. The molecule has 1 aliphatic carbocycles. The highest BCUT2D eigenvalue weighted by Gasteiger charge is 2.16. The quantitative estimate of drug-likeness (QED) is 0.556. The predicted octanol–water partition coefficient (Wildman–Crippen LogP) is 0.00700. The Labute approximate surface area is 58.9 Å². The van der Waals surface area contributed by atoms with E-state index in [0.29, 0.717) is 12.8 Å². The molecule has 54 valence electrons. The van der Waals surface area contributed by atoms with Crippen molar-refractivity contribution in [3.05, 3.63) is 12.2 Å². The standard InChI is InChI=1S/C7H9NO2/c8-7(10)5-1-3-6(9)4-2-5/h1,3,5H,2,4H2,(H2,8,10). The number of hydrogen-bond acceptors (Lipinski definition) is 2. The van der Waals surface area contributed by atoms with E-state index in [-0.39, 0.29) is 17.6 Å². The van der Waals surface area contributed by atoms with Crippen LogP contribution in [-0.4, -0.2) is 11.7 Å². The zero-order chi connectivity index (χ0) is 7.56. The summed E-state index contributed by atoms with van der Waals surface area (Å²) in [4.78, 5) is 21.1. The third kappa shape index (κ3) is 1.43. The molecule has 0 aliphatic heterocycles. The molecule has 0 saturated carbocycles. The molecule has 1 aliphatic rings. The van der Waals surface area contributed by atoms with Crippen LogP contribution >= 0.6 is 0 Å². The topological polar surface area (TPSA) is 60.2 Å². The maximum absolute atomic E-state index is 10.6. The molecular formula is C7H9NO2. The van der Waals surface area contributed by atoms with E-state index < -0.39 is 0 Å². The highest BCUT2D eigenvalue weighted by atomic mass is 16.1. The third-order valence-corrected chi connectivity index (χ3v) is 1.58. The average Bonchev–Trinajstić information content (AvgIpc) is 1.88. The van der Waals surface area contributed by atoms with Crippen LogP contribution in [0.5, 0.6) is 0 Å². The first kappa shape index (κ1) is 6.99. The lowest BCUT2D eigenvalue weighted by molar-refractivity contribution is -0.121. The summed E-state index contributed by atoms with van der Waals surface area (Å²) in [5.74, 6) is -0.487. The largest absolute Gasteiger partial charge is 0.369 e. The van der Waals surface area contributed by atoms with E-state index in [1.807, 2.05) is 0 Å². The van der Waals surface area contributed by atoms with Gasteiger partial charge in [-0.3, -0.25) is 9.59 Å². The van der Waals surface area contributed by atoms with Gasteiger partial charge in [0.25, 0.3) is 0 Å². The van der Waals surface area contributed by atoms with Crippen molar-refractivity contribution in [1.82, 2.24) is 0 Å². The Kier molecular flexibility index (Phi) is 1.85. The van der Waals surface area contributed by atoms with Crippen LogP contribution in [0.1, 0.15) is 12.8 Å². The lowest BCUT2D eigenvalue weighted by atomic mass is 9.95. The van der Waals surface area contributed by atoms with E-state index >= 15 is 0 Å². The highest BCUT2D eigenvalue weighted by molar-refractivity contribution is 5.93. The van der Waals surface area contributed by atoms with Gasteiger partial charge in [-0.25, -0.2) is 0 Å².